The van der Waals surface area contributed by atoms with Crippen molar-refractivity contribution in [1.29, 1.82) is 0 Å². The molecule has 0 spiro atoms. The van der Waals surface area contributed by atoms with E-state index in [0.717, 1.165) is 11.1 Å². The van der Waals surface area contributed by atoms with Crippen molar-refractivity contribution in [3.05, 3.63) is 29.7 Å². The van der Waals surface area contributed by atoms with Gasteiger partial charge in [0.2, 0.25) is 5.89 Å². The number of aromatic nitrogens is 1. The Morgan fingerprint density at radius 2 is 2.31 bits per heavy atom. The molecule has 0 bridgehead atoms. The van der Waals surface area contributed by atoms with Crippen molar-refractivity contribution in [2.45, 2.75) is 26.2 Å². The minimum atomic E-state index is -0.897. The highest BCUT2D eigenvalue weighted by atomic mass is 16.4. The molecular weight excluding hydrogens is 206 g/mol. The average Bonchev–Trinajstić information content (AvgIpc) is 2.63. The minimum Gasteiger partial charge on any atom is -0.481 e. The normalized spacial score (nSPS) is 12.9. The van der Waals surface area contributed by atoms with Crippen LogP contribution >= 0.6 is 0 Å². The molecule has 0 aliphatic rings. The van der Waals surface area contributed by atoms with E-state index in [1.54, 1.807) is 6.92 Å². The summed E-state index contributed by atoms with van der Waals surface area (Å²) in [6.07, 6.45) is 0.473. The zero-order valence-corrected chi connectivity index (χ0v) is 9.23. The van der Waals surface area contributed by atoms with E-state index >= 15 is 0 Å². The van der Waals surface area contributed by atoms with Crippen LogP contribution in [-0.4, -0.2) is 16.1 Å². The maximum atomic E-state index is 11.0. The number of hydrogen-bond donors (Lipinski definition) is 1. The molecule has 1 aromatic heterocycles. The second kappa shape index (κ2) is 3.96. The number of fused-ring (bicyclic) bond motifs is 1. The molecule has 84 valence electrons. The van der Waals surface area contributed by atoms with E-state index < -0.39 is 11.9 Å². The summed E-state index contributed by atoms with van der Waals surface area (Å²) in [6.45, 7) is 3.72. The highest BCUT2D eigenvalue weighted by Crippen LogP contribution is 2.25. The van der Waals surface area contributed by atoms with Gasteiger partial charge in [-0.1, -0.05) is 19.1 Å². The van der Waals surface area contributed by atoms with Gasteiger partial charge in [-0.3, -0.25) is 4.79 Å². The molecule has 16 heavy (non-hydrogen) atoms. The van der Waals surface area contributed by atoms with E-state index in [0.29, 0.717) is 17.9 Å². The maximum Gasteiger partial charge on any atom is 0.315 e. The fourth-order valence-corrected chi connectivity index (χ4v) is 1.71. The van der Waals surface area contributed by atoms with E-state index in [2.05, 4.69) is 4.98 Å². The lowest BCUT2D eigenvalue weighted by Crippen LogP contribution is -2.10. The van der Waals surface area contributed by atoms with Crippen LogP contribution in [0.4, 0.5) is 0 Å². The SMILES string of the molecule is CCC(C(=O)O)c1nc2cccc(C)c2o1. The average molecular weight is 219 g/mol. The molecule has 1 atom stereocenters. The van der Waals surface area contributed by atoms with Gasteiger partial charge in [0.15, 0.2) is 5.58 Å². The van der Waals surface area contributed by atoms with Crippen molar-refractivity contribution in [3.63, 3.8) is 0 Å². The Bertz CT molecular complexity index is 530. The molecule has 1 N–H and O–H groups in total. The van der Waals surface area contributed by atoms with Gasteiger partial charge >= 0.3 is 5.97 Å². The van der Waals surface area contributed by atoms with Crippen molar-refractivity contribution in [3.8, 4) is 0 Å². The Balaban J connectivity index is 2.54. The topological polar surface area (TPSA) is 63.3 Å². The Morgan fingerprint density at radius 3 is 2.88 bits per heavy atom. The van der Waals surface area contributed by atoms with Gasteiger partial charge < -0.3 is 9.52 Å². The first kappa shape index (κ1) is 10.7. The number of hydrogen-bond acceptors (Lipinski definition) is 3. The Kier molecular flexibility index (Phi) is 2.64. The molecule has 1 heterocycles. The molecule has 0 aliphatic heterocycles. The number of benzene rings is 1. The molecule has 0 radical (unpaired) electrons. The van der Waals surface area contributed by atoms with Crippen LogP contribution < -0.4 is 0 Å². The monoisotopic (exact) mass is 219 g/mol. The highest BCUT2D eigenvalue weighted by molar-refractivity contribution is 5.79. The Labute approximate surface area is 92.9 Å². The first-order valence-electron chi connectivity index (χ1n) is 5.22. The highest BCUT2D eigenvalue weighted by Gasteiger charge is 2.23. The van der Waals surface area contributed by atoms with Gasteiger partial charge in [0.1, 0.15) is 11.4 Å². The van der Waals surface area contributed by atoms with E-state index in [4.69, 9.17) is 9.52 Å². The summed E-state index contributed by atoms with van der Waals surface area (Å²) >= 11 is 0. The van der Waals surface area contributed by atoms with Crippen LogP contribution in [0.15, 0.2) is 22.6 Å². The Morgan fingerprint density at radius 1 is 1.56 bits per heavy atom. The molecule has 0 aliphatic carbocycles. The van der Waals surface area contributed by atoms with Crippen LogP contribution in [0.1, 0.15) is 30.7 Å². The third-order valence-electron chi connectivity index (χ3n) is 2.63. The second-order valence-electron chi connectivity index (χ2n) is 3.77. The molecule has 1 aromatic carbocycles. The number of aliphatic carboxylic acids is 1. The van der Waals surface area contributed by atoms with Crippen LogP contribution in [0, 0.1) is 6.92 Å². The zero-order valence-electron chi connectivity index (χ0n) is 9.23. The largest absolute Gasteiger partial charge is 0.481 e. The molecule has 2 aromatic rings. The van der Waals surface area contributed by atoms with Gasteiger partial charge in [-0.2, -0.15) is 0 Å². The third-order valence-corrected chi connectivity index (χ3v) is 2.63. The predicted molar refractivity (Wildman–Crippen MR) is 59.4 cm³/mol. The number of carbonyl (C=O) groups is 1. The molecule has 4 heteroatoms. The van der Waals surface area contributed by atoms with Crippen LogP contribution in [0.2, 0.25) is 0 Å². The van der Waals surface area contributed by atoms with Gasteiger partial charge in [-0.05, 0) is 25.0 Å². The number of carboxylic acids is 1. The molecule has 2 rings (SSSR count). The van der Waals surface area contributed by atoms with Gasteiger partial charge in [0.05, 0.1) is 0 Å². The third kappa shape index (κ3) is 1.66. The summed E-state index contributed by atoms with van der Waals surface area (Å²) < 4.78 is 5.52. The van der Waals surface area contributed by atoms with Gasteiger partial charge in [0.25, 0.3) is 0 Å². The lowest BCUT2D eigenvalue weighted by molar-refractivity contribution is -0.139. The van der Waals surface area contributed by atoms with Crippen molar-refractivity contribution >= 4 is 17.1 Å². The van der Waals surface area contributed by atoms with Crippen molar-refractivity contribution in [2.75, 3.05) is 0 Å². The van der Waals surface area contributed by atoms with Crippen LogP contribution in [-0.2, 0) is 4.79 Å². The van der Waals surface area contributed by atoms with Crippen molar-refractivity contribution < 1.29 is 14.3 Å². The number of rotatable bonds is 3. The zero-order chi connectivity index (χ0) is 11.7. The first-order chi connectivity index (χ1) is 7.63. The van der Waals surface area contributed by atoms with Crippen molar-refractivity contribution in [2.24, 2.45) is 0 Å². The fourth-order valence-electron chi connectivity index (χ4n) is 1.71. The second-order valence-corrected chi connectivity index (χ2v) is 3.77. The smallest absolute Gasteiger partial charge is 0.315 e. The quantitative estimate of drug-likeness (QED) is 0.862. The summed E-state index contributed by atoms with van der Waals surface area (Å²) in [7, 11) is 0. The standard InChI is InChI=1S/C12H13NO3/c1-3-8(12(14)15)11-13-9-6-4-5-7(2)10(9)16-11/h4-6,8H,3H2,1-2H3,(H,14,15). The molecule has 1 unspecified atom stereocenters. The molecule has 0 fully saturated rings. The molecule has 0 saturated carbocycles. The van der Waals surface area contributed by atoms with Crippen molar-refractivity contribution in [1.82, 2.24) is 4.98 Å². The van der Waals surface area contributed by atoms with E-state index in [9.17, 15) is 4.79 Å². The maximum absolute atomic E-state index is 11.0. The van der Waals surface area contributed by atoms with E-state index in [-0.39, 0.29) is 0 Å². The number of para-hydroxylation sites is 1. The number of aryl methyl sites for hydroxylation is 1. The van der Waals surface area contributed by atoms with Gasteiger partial charge in [-0.15, -0.1) is 0 Å². The van der Waals surface area contributed by atoms with Crippen LogP contribution in [0.25, 0.3) is 11.1 Å². The molecular formula is C12H13NO3. The summed E-state index contributed by atoms with van der Waals surface area (Å²) in [6, 6.07) is 5.62. The number of carboxylic acid groups (broad SMARTS) is 1. The molecule has 4 nitrogen and oxygen atoms in total. The van der Waals surface area contributed by atoms with Gasteiger partial charge in [-0.25, -0.2) is 4.98 Å². The first-order valence-corrected chi connectivity index (χ1v) is 5.22. The van der Waals surface area contributed by atoms with E-state index in [1.807, 2.05) is 25.1 Å². The van der Waals surface area contributed by atoms with Crippen LogP contribution in [0.3, 0.4) is 0 Å². The molecule has 0 amide bonds. The number of oxazole rings is 1. The summed E-state index contributed by atoms with van der Waals surface area (Å²) in [5.41, 5.74) is 2.36. The van der Waals surface area contributed by atoms with Gasteiger partial charge in [0, 0.05) is 0 Å². The predicted octanol–water partition coefficient (Wildman–Crippen LogP) is 2.71. The summed E-state index contributed by atoms with van der Waals surface area (Å²) in [5.74, 6) is -1.27. The Hall–Kier alpha value is -1.84. The van der Waals surface area contributed by atoms with E-state index in [1.165, 1.54) is 0 Å². The minimum absolute atomic E-state index is 0.291. The fraction of sp³-hybridized carbons (Fsp3) is 0.333. The summed E-state index contributed by atoms with van der Waals surface area (Å²) in [4.78, 5) is 15.2. The molecule has 0 saturated heterocycles. The summed E-state index contributed by atoms with van der Waals surface area (Å²) in [5, 5.41) is 9.02. The lowest BCUT2D eigenvalue weighted by atomic mass is 10.1. The number of nitrogens with zero attached hydrogens (tertiary/aromatic N) is 1. The van der Waals surface area contributed by atoms with Crippen LogP contribution in [0.5, 0.6) is 0 Å². The lowest BCUT2D eigenvalue weighted by Gasteiger charge is -2.02.